The van der Waals surface area contributed by atoms with Crippen LogP contribution in [0.3, 0.4) is 0 Å². The van der Waals surface area contributed by atoms with Crippen LogP contribution in [0.2, 0.25) is 5.02 Å². The fourth-order valence-corrected chi connectivity index (χ4v) is 5.44. The standard InChI is InChI=1S/C32H33ClN8O2/c33-27-4-1-3-25(15-27)21-39-14-11-29(32(39)43)41(31(42)26-9-10-30(35)38-17-26)13-2-12-36-18-28-19-37-22-40(28)20-24-7-5-23(16-34)6-8-24/h1,3-10,15,17,19,22,29,36H,2,11-14,18,20-21H2,(H2,35,38)/t29-/m0/s1. The lowest BCUT2D eigenvalue weighted by Gasteiger charge is -2.28. The van der Waals surface area contributed by atoms with Gasteiger partial charge in [-0.15, -0.1) is 0 Å². The normalized spacial score (nSPS) is 14.6. The number of carbonyl (C=O) groups is 2. The van der Waals surface area contributed by atoms with Crippen molar-refractivity contribution < 1.29 is 9.59 Å². The number of nitrogens with zero attached hydrogens (tertiary/aromatic N) is 6. The Morgan fingerprint density at radius 1 is 1.12 bits per heavy atom. The molecule has 1 aliphatic heterocycles. The SMILES string of the molecule is N#Cc1ccc(Cn2cncc2CNCCCN(C(=O)c2ccc(N)nc2)[C@H]2CCN(Cc3cccc(Cl)c3)C2=O)cc1. The number of nitrogen functional groups attached to an aromatic ring is 1. The van der Waals surface area contributed by atoms with Gasteiger partial charge in [-0.25, -0.2) is 9.97 Å². The molecule has 1 aliphatic rings. The quantitative estimate of drug-likeness (QED) is 0.237. The topological polar surface area (TPSA) is 133 Å². The summed E-state index contributed by atoms with van der Waals surface area (Å²) in [7, 11) is 0. The number of rotatable bonds is 12. The Kier molecular flexibility index (Phi) is 9.66. The van der Waals surface area contributed by atoms with Gasteiger partial charge in [0.1, 0.15) is 11.9 Å². The maximum Gasteiger partial charge on any atom is 0.256 e. The van der Waals surface area contributed by atoms with E-state index in [1.165, 1.54) is 6.20 Å². The first-order valence-electron chi connectivity index (χ1n) is 14.2. The van der Waals surface area contributed by atoms with Crippen molar-refractivity contribution in [2.45, 2.75) is 38.5 Å². The summed E-state index contributed by atoms with van der Waals surface area (Å²) in [5.41, 5.74) is 9.81. The molecule has 0 unspecified atom stereocenters. The highest BCUT2D eigenvalue weighted by molar-refractivity contribution is 6.30. The van der Waals surface area contributed by atoms with Crippen molar-refractivity contribution in [3.05, 3.63) is 112 Å². The molecule has 3 heterocycles. The first-order valence-corrected chi connectivity index (χ1v) is 14.5. The van der Waals surface area contributed by atoms with Crippen LogP contribution in [0.15, 0.2) is 79.4 Å². The van der Waals surface area contributed by atoms with Gasteiger partial charge in [-0.3, -0.25) is 9.59 Å². The van der Waals surface area contributed by atoms with Gasteiger partial charge < -0.3 is 25.4 Å². The Bertz CT molecular complexity index is 1600. The van der Waals surface area contributed by atoms with E-state index >= 15 is 0 Å². The summed E-state index contributed by atoms with van der Waals surface area (Å²) in [5.74, 6) is 0.0164. The van der Waals surface area contributed by atoms with Crippen molar-refractivity contribution >= 4 is 29.2 Å². The van der Waals surface area contributed by atoms with E-state index in [1.807, 2.05) is 48.7 Å². The second kappa shape index (κ2) is 14.0. The van der Waals surface area contributed by atoms with E-state index in [4.69, 9.17) is 22.6 Å². The van der Waals surface area contributed by atoms with Crippen LogP contribution >= 0.6 is 11.6 Å². The smallest absolute Gasteiger partial charge is 0.256 e. The zero-order valence-electron chi connectivity index (χ0n) is 23.7. The zero-order valence-corrected chi connectivity index (χ0v) is 24.5. The highest BCUT2D eigenvalue weighted by Crippen LogP contribution is 2.23. The number of carbonyl (C=O) groups excluding carboxylic acids is 2. The Morgan fingerprint density at radius 2 is 1.95 bits per heavy atom. The van der Waals surface area contributed by atoms with Gasteiger partial charge in [0.2, 0.25) is 5.91 Å². The molecule has 2 amide bonds. The molecule has 43 heavy (non-hydrogen) atoms. The maximum absolute atomic E-state index is 13.6. The number of amides is 2. The number of benzene rings is 2. The Labute approximate surface area is 255 Å². The van der Waals surface area contributed by atoms with Gasteiger partial charge in [0, 0.05) is 50.1 Å². The Balaban J connectivity index is 1.19. The number of nitrogens with two attached hydrogens (primary N) is 1. The number of anilines is 1. The van der Waals surface area contributed by atoms with E-state index in [9.17, 15) is 9.59 Å². The molecular formula is C32H33ClN8O2. The van der Waals surface area contributed by atoms with E-state index in [1.54, 1.807) is 34.3 Å². The first kappa shape index (κ1) is 29.8. The molecule has 0 aliphatic carbocycles. The number of imidazole rings is 1. The summed E-state index contributed by atoms with van der Waals surface area (Å²) in [6.45, 7) is 3.29. The third kappa shape index (κ3) is 7.57. The molecule has 0 bridgehead atoms. The number of likely N-dealkylation sites (tertiary alicyclic amines) is 1. The predicted molar refractivity (Wildman–Crippen MR) is 164 cm³/mol. The number of nitrogens with one attached hydrogen (secondary N) is 1. The van der Waals surface area contributed by atoms with Gasteiger partial charge in [0.05, 0.1) is 29.2 Å². The molecule has 1 fully saturated rings. The molecule has 4 aromatic rings. The molecule has 1 atom stereocenters. The summed E-state index contributed by atoms with van der Waals surface area (Å²) >= 11 is 6.15. The van der Waals surface area contributed by atoms with Crippen LogP contribution in [-0.4, -0.2) is 61.8 Å². The third-order valence-electron chi connectivity index (χ3n) is 7.50. The fraction of sp³-hybridized carbons (Fsp3) is 0.281. The van der Waals surface area contributed by atoms with Gasteiger partial charge in [-0.05, 0) is 66.9 Å². The van der Waals surface area contributed by atoms with Crippen molar-refractivity contribution in [2.75, 3.05) is 25.4 Å². The number of hydrogen-bond donors (Lipinski definition) is 2. The van der Waals surface area contributed by atoms with E-state index in [0.717, 1.165) is 16.8 Å². The maximum atomic E-state index is 13.6. The molecule has 220 valence electrons. The molecule has 10 nitrogen and oxygen atoms in total. The number of pyridine rings is 1. The fourth-order valence-electron chi connectivity index (χ4n) is 5.23. The average Bonchev–Trinajstić information content (AvgIpc) is 3.61. The molecule has 0 radical (unpaired) electrons. The zero-order chi connectivity index (χ0) is 30.2. The third-order valence-corrected chi connectivity index (χ3v) is 7.73. The van der Waals surface area contributed by atoms with Crippen LogP contribution in [0.25, 0.3) is 0 Å². The molecule has 2 aromatic heterocycles. The van der Waals surface area contributed by atoms with E-state index in [0.29, 0.717) is 74.1 Å². The molecule has 0 saturated carbocycles. The van der Waals surface area contributed by atoms with Crippen molar-refractivity contribution in [2.24, 2.45) is 0 Å². The summed E-state index contributed by atoms with van der Waals surface area (Å²) in [4.78, 5) is 39.0. The summed E-state index contributed by atoms with van der Waals surface area (Å²) in [5, 5.41) is 13.1. The van der Waals surface area contributed by atoms with Crippen LogP contribution in [0.1, 0.15) is 45.6 Å². The number of hydrogen-bond acceptors (Lipinski definition) is 7. The van der Waals surface area contributed by atoms with Crippen LogP contribution in [0, 0.1) is 11.3 Å². The largest absolute Gasteiger partial charge is 0.384 e. The number of aromatic nitrogens is 3. The summed E-state index contributed by atoms with van der Waals surface area (Å²) < 4.78 is 2.06. The molecular weight excluding hydrogens is 564 g/mol. The number of nitriles is 1. The first-order chi connectivity index (χ1) is 20.9. The van der Waals surface area contributed by atoms with Crippen molar-refractivity contribution in [3.8, 4) is 6.07 Å². The van der Waals surface area contributed by atoms with Crippen molar-refractivity contribution in [1.29, 1.82) is 5.26 Å². The van der Waals surface area contributed by atoms with Crippen LogP contribution in [-0.2, 0) is 24.4 Å². The van der Waals surface area contributed by atoms with Crippen LogP contribution < -0.4 is 11.1 Å². The van der Waals surface area contributed by atoms with Crippen LogP contribution in [0.5, 0.6) is 0 Å². The average molecular weight is 597 g/mol. The molecule has 11 heteroatoms. The van der Waals surface area contributed by atoms with E-state index in [-0.39, 0.29) is 11.8 Å². The molecule has 1 saturated heterocycles. The molecule has 0 spiro atoms. The molecule has 2 aromatic carbocycles. The Hall–Kier alpha value is -4.72. The minimum Gasteiger partial charge on any atom is -0.384 e. The van der Waals surface area contributed by atoms with Gasteiger partial charge in [-0.2, -0.15) is 5.26 Å². The van der Waals surface area contributed by atoms with Crippen LogP contribution in [0.4, 0.5) is 5.82 Å². The Morgan fingerprint density at radius 3 is 2.70 bits per heavy atom. The van der Waals surface area contributed by atoms with Gasteiger partial charge in [-0.1, -0.05) is 35.9 Å². The van der Waals surface area contributed by atoms with Gasteiger partial charge in [0.15, 0.2) is 0 Å². The van der Waals surface area contributed by atoms with E-state index in [2.05, 4.69) is 25.9 Å². The monoisotopic (exact) mass is 596 g/mol. The van der Waals surface area contributed by atoms with Gasteiger partial charge in [0.25, 0.3) is 5.91 Å². The molecule has 5 rings (SSSR count). The highest BCUT2D eigenvalue weighted by atomic mass is 35.5. The van der Waals surface area contributed by atoms with Crippen molar-refractivity contribution in [1.82, 2.24) is 29.7 Å². The second-order valence-corrected chi connectivity index (χ2v) is 11.0. The highest BCUT2D eigenvalue weighted by Gasteiger charge is 2.38. The lowest BCUT2D eigenvalue weighted by atomic mass is 10.1. The summed E-state index contributed by atoms with van der Waals surface area (Å²) in [6.07, 6.45) is 6.27. The lowest BCUT2D eigenvalue weighted by Crippen LogP contribution is -2.46. The second-order valence-electron chi connectivity index (χ2n) is 10.5. The number of halogens is 1. The van der Waals surface area contributed by atoms with E-state index < -0.39 is 6.04 Å². The van der Waals surface area contributed by atoms with Gasteiger partial charge >= 0.3 is 0 Å². The summed E-state index contributed by atoms with van der Waals surface area (Å²) in [6, 6.07) is 19.8. The molecule has 3 N–H and O–H groups in total. The predicted octanol–water partition coefficient (Wildman–Crippen LogP) is 3.86. The minimum absolute atomic E-state index is 0.0728. The van der Waals surface area contributed by atoms with Crippen molar-refractivity contribution in [3.63, 3.8) is 0 Å². The lowest BCUT2D eigenvalue weighted by molar-refractivity contribution is -0.132. The minimum atomic E-state index is -0.557.